The number of benzene rings is 1. The monoisotopic (exact) mass is 334 g/mol. The molecule has 1 aliphatic rings. The van der Waals surface area contributed by atoms with Gasteiger partial charge in [-0.05, 0) is 51.8 Å². The van der Waals surface area contributed by atoms with Crippen molar-refractivity contribution in [1.82, 2.24) is 10.2 Å². The molecule has 5 nitrogen and oxygen atoms in total. The van der Waals surface area contributed by atoms with Crippen LogP contribution < -0.4 is 10.1 Å². The predicted molar refractivity (Wildman–Crippen MR) is 95.6 cm³/mol. The third-order valence-electron chi connectivity index (χ3n) is 4.41. The standard InChI is InChI=1S/C19H30N2O3/c1-19(2,3)24-18(22)21-11-10-14(13-21)16(12-20-4)15-8-6-7-9-17(15)23-5/h6-9,14,16,20H,10-13H2,1-5H3. The van der Waals surface area contributed by atoms with Gasteiger partial charge in [-0.25, -0.2) is 4.79 Å². The maximum absolute atomic E-state index is 12.3. The van der Waals surface area contributed by atoms with E-state index in [1.165, 1.54) is 5.56 Å². The van der Waals surface area contributed by atoms with Gasteiger partial charge in [0.05, 0.1) is 7.11 Å². The van der Waals surface area contributed by atoms with E-state index in [0.717, 1.165) is 31.8 Å². The smallest absolute Gasteiger partial charge is 0.410 e. The van der Waals surface area contributed by atoms with Crippen molar-refractivity contribution < 1.29 is 14.3 Å². The third kappa shape index (κ3) is 4.63. The van der Waals surface area contributed by atoms with Crippen molar-refractivity contribution in [2.24, 2.45) is 5.92 Å². The van der Waals surface area contributed by atoms with Crippen LogP contribution in [0.4, 0.5) is 4.79 Å². The Hall–Kier alpha value is -1.75. The number of carbonyl (C=O) groups is 1. The molecule has 134 valence electrons. The van der Waals surface area contributed by atoms with Crippen LogP contribution in [0.25, 0.3) is 0 Å². The molecule has 2 atom stereocenters. The number of para-hydroxylation sites is 1. The fraction of sp³-hybridized carbons (Fsp3) is 0.632. The molecule has 1 fully saturated rings. The lowest BCUT2D eigenvalue weighted by Crippen LogP contribution is -2.36. The van der Waals surface area contributed by atoms with Crippen molar-refractivity contribution >= 4 is 6.09 Å². The fourth-order valence-corrected chi connectivity index (χ4v) is 3.33. The molecular formula is C19H30N2O3. The highest BCUT2D eigenvalue weighted by atomic mass is 16.6. The van der Waals surface area contributed by atoms with Gasteiger partial charge in [0, 0.05) is 25.6 Å². The second kappa shape index (κ2) is 7.88. The second-order valence-electron chi connectivity index (χ2n) is 7.38. The molecule has 2 unspecified atom stereocenters. The van der Waals surface area contributed by atoms with E-state index in [9.17, 15) is 4.79 Å². The molecule has 0 aromatic heterocycles. The van der Waals surface area contributed by atoms with Gasteiger partial charge in [-0.3, -0.25) is 0 Å². The van der Waals surface area contributed by atoms with Crippen molar-refractivity contribution in [3.8, 4) is 5.75 Å². The largest absolute Gasteiger partial charge is 0.496 e. The Balaban J connectivity index is 2.12. The Kier molecular flexibility index (Phi) is 6.10. The lowest BCUT2D eigenvalue weighted by atomic mass is 9.84. The normalized spacial score (nSPS) is 19.2. The summed E-state index contributed by atoms with van der Waals surface area (Å²) >= 11 is 0. The van der Waals surface area contributed by atoms with Crippen molar-refractivity contribution in [3.05, 3.63) is 29.8 Å². The van der Waals surface area contributed by atoms with Gasteiger partial charge >= 0.3 is 6.09 Å². The van der Waals surface area contributed by atoms with E-state index in [4.69, 9.17) is 9.47 Å². The lowest BCUT2D eigenvalue weighted by Gasteiger charge is -2.27. The summed E-state index contributed by atoms with van der Waals surface area (Å²) < 4.78 is 11.0. The Morgan fingerprint density at radius 2 is 2.08 bits per heavy atom. The summed E-state index contributed by atoms with van der Waals surface area (Å²) in [6.45, 7) is 8.02. The van der Waals surface area contributed by atoms with Crippen LogP contribution in [-0.2, 0) is 4.74 Å². The molecule has 1 N–H and O–H groups in total. The first kappa shape index (κ1) is 18.6. The van der Waals surface area contributed by atoms with Crippen LogP contribution in [0.15, 0.2) is 24.3 Å². The predicted octanol–water partition coefficient (Wildman–Crippen LogP) is 3.26. The molecule has 0 radical (unpaired) electrons. The zero-order chi connectivity index (χ0) is 17.7. The average Bonchev–Trinajstić information content (AvgIpc) is 3.01. The van der Waals surface area contributed by atoms with Crippen molar-refractivity contribution in [1.29, 1.82) is 0 Å². The highest BCUT2D eigenvalue weighted by molar-refractivity contribution is 5.68. The maximum Gasteiger partial charge on any atom is 0.410 e. The number of nitrogens with zero attached hydrogens (tertiary/aromatic N) is 1. The van der Waals surface area contributed by atoms with Gasteiger partial charge in [0.15, 0.2) is 0 Å². The number of rotatable bonds is 5. The molecule has 5 heteroatoms. The summed E-state index contributed by atoms with van der Waals surface area (Å²) in [5.41, 5.74) is 0.743. The zero-order valence-corrected chi connectivity index (χ0v) is 15.5. The number of carbonyl (C=O) groups excluding carboxylic acids is 1. The van der Waals surface area contributed by atoms with Gasteiger partial charge < -0.3 is 19.7 Å². The second-order valence-corrected chi connectivity index (χ2v) is 7.38. The van der Waals surface area contributed by atoms with E-state index < -0.39 is 5.60 Å². The molecule has 1 aromatic rings. The first-order valence-corrected chi connectivity index (χ1v) is 8.61. The average molecular weight is 334 g/mol. The molecule has 0 saturated carbocycles. The van der Waals surface area contributed by atoms with Crippen LogP contribution in [0, 0.1) is 5.92 Å². The highest BCUT2D eigenvalue weighted by Gasteiger charge is 2.35. The molecule has 0 spiro atoms. The first-order valence-electron chi connectivity index (χ1n) is 8.61. The summed E-state index contributed by atoms with van der Waals surface area (Å²) in [5, 5.41) is 3.29. The summed E-state index contributed by atoms with van der Waals surface area (Å²) in [5.74, 6) is 1.60. The SMILES string of the molecule is CNCC(c1ccccc1OC)C1CCN(C(=O)OC(C)(C)C)C1. The van der Waals surface area contributed by atoms with Crippen molar-refractivity contribution in [2.45, 2.75) is 38.7 Å². The molecule has 0 aliphatic carbocycles. The number of ether oxygens (including phenoxy) is 2. The molecule has 2 rings (SSSR count). The van der Waals surface area contributed by atoms with Gasteiger partial charge in [-0.15, -0.1) is 0 Å². The first-order chi connectivity index (χ1) is 11.4. The Morgan fingerprint density at radius 1 is 1.38 bits per heavy atom. The highest BCUT2D eigenvalue weighted by Crippen LogP contribution is 2.36. The van der Waals surface area contributed by atoms with Crippen LogP contribution in [-0.4, -0.2) is 50.4 Å². The van der Waals surface area contributed by atoms with E-state index in [0.29, 0.717) is 11.8 Å². The van der Waals surface area contributed by atoms with Crippen LogP contribution in [0.1, 0.15) is 38.7 Å². The van der Waals surface area contributed by atoms with E-state index >= 15 is 0 Å². The summed E-state index contributed by atoms with van der Waals surface area (Å²) in [7, 11) is 3.67. The molecule has 1 aromatic carbocycles. The molecule has 1 aliphatic heterocycles. The Bertz CT molecular complexity index is 554. The number of nitrogens with one attached hydrogen (secondary N) is 1. The molecule has 1 saturated heterocycles. The van der Waals surface area contributed by atoms with Gasteiger partial charge in [-0.1, -0.05) is 18.2 Å². The summed E-state index contributed by atoms with van der Waals surface area (Å²) in [6.07, 6.45) is 0.761. The Labute approximate surface area is 145 Å². The van der Waals surface area contributed by atoms with E-state index in [1.807, 2.05) is 50.9 Å². The number of likely N-dealkylation sites (tertiary alicyclic amines) is 1. The van der Waals surface area contributed by atoms with Gasteiger partial charge in [0.2, 0.25) is 0 Å². The minimum Gasteiger partial charge on any atom is -0.496 e. The van der Waals surface area contributed by atoms with Crippen LogP contribution >= 0.6 is 0 Å². The number of likely N-dealkylation sites (N-methyl/N-ethyl adjacent to an activating group) is 1. The number of hydrogen-bond acceptors (Lipinski definition) is 4. The number of methoxy groups -OCH3 is 1. The van der Waals surface area contributed by atoms with Crippen LogP contribution in [0.5, 0.6) is 5.75 Å². The maximum atomic E-state index is 12.3. The van der Waals surface area contributed by atoms with Crippen LogP contribution in [0.2, 0.25) is 0 Å². The quantitative estimate of drug-likeness (QED) is 0.898. The minimum atomic E-state index is -0.456. The van der Waals surface area contributed by atoms with Crippen molar-refractivity contribution in [3.63, 3.8) is 0 Å². The van der Waals surface area contributed by atoms with Gasteiger partial charge in [0.25, 0.3) is 0 Å². The van der Waals surface area contributed by atoms with Gasteiger partial charge in [0.1, 0.15) is 11.4 Å². The van der Waals surface area contributed by atoms with E-state index in [-0.39, 0.29) is 6.09 Å². The van der Waals surface area contributed by atoms with Gasteiger partial charge in [-0.2, -0.15) is 0 Å². The zero-order valence-electron chi connectivity index (χ0n) is 15.5. The summed E-state index contributed by atoms with van der Waals surface area (Å²) in [6, 6.07) is 8.15. The lowest BCUT2D eigenvalue weighted by molar-refractivity contribution is 0.0286. The third-order valence-corrected chi connectivity index (χ3v) is 4.41. The fourth-order valence-electron chi connectivity index (χ4n) is 3.33. The summed E-state index contributed by atoms with van der Waals surface area (Å²) in [4.78, 5) is 14.1. The number of hydrogen-bond donors (Lipinski definition) is 1. The topological polar surface area (TPSA) is 50.8 Å². The molecule has 24 heavy (non-hydrogen) atoms. The molecule has 1 heterocycles. The minimum absolute atomic E-state index is 0.215. The Morgan fingerprint density at radius 3 is 2.71 bits per heavy atom. The van der Waals surface area contributed by atoms with Crippen LogP contribution in [0.3, 0.4) is 0 Å². The van der Waals surface area contributed by atoms with E-state index in [2.05, 4.69) is 11.4 Å². The van der Waals surface area contributed by atoms with E-state index in [1.54, 1.807) is 7.11 Å². The van der Waals surface area contributed by atoms with Crippen molar-refractivity contribution in [2.75, 3.05) is 33.8 Å². The molecule has 0 bridgehead atoms. The molecule has 1 amide bonds. The number of amides is 1. The molecular weight excluding hydrogens is 304 g/mol.